The average molecular weight is 287 g/mol. The molecule has 0 saturated carbocycles. The van der Waals surface area contributed by atoms with Crippen molar-refractivity contribution in [3.8, 4) is 0 Å². The average Bonchev–Trinajstić information content (AvgIpc) is 2.48. The Kier molecular flexibility index (Phi) is 4.66. The molecule has 0 fully saturated rings. The lowest BCUT2D eigenvalue weighted by molar-refractivity contribution is -0.152. The van der Waals surface area contributed by atoms with Crippen molar-refractivity contribution in [2.24, 2.45) is 0 Å². The van der Waals surface area contributed by atoms with E-state index < -0.39 is 23.8 Å². The van der Waals surface area contributed by atoms with Gasteiger partial charge in [-0.2, -0.15) is 0 Å². The number of amides is 1. The standard InChI is InChI=1S/C16H14FNO3/c1-11(19)21-15(12-5-3-2-4-6-12)16(20)18-14-9-7-13(17)8-10-14/h2-10,15H,1H3,(H,18,20)/t15-/m1/s1. The van der Waals surface area contributed by atoms with Crippen LogP contribution in [0.15, 0.2) is 54.6 Å². The maximum Gasteiger partial charge on any atom is 0.303 e. The molecule has 5 heteroatoms. The molecular weight excluding hydrogens is 273 g/mol. The van der Waals surface area contributed by atoms with Gasteiger partial charge in [0, 0.05) is 18.2 Å². The second-order valence-corrected chi connectivity index (χ2v) is 4.40. The summed E-state index contributed by atoms with van der Waals surface area (Å²) in [5, 5.41) is 2.59. The van der Waals surface area contributed by atoms with Crippen molar-refractivity contribution >= 4 is 17.6 Å². The van der Waals surface area contributed by atoms with Crippen LogP contribution in [0.4, 0.5) is 10.1 Å². The van der Waals surface area contributed by atoms with Crippen LogP contribution in [-0.4, -0.2) is 11.9 Å². The number of carbonyl (C=O) groups excluding carboxylic acids is 2. The van der Waals surface area contributed by atoms with Crippen LogP contribution in [0.25, 0.3) is 0 Å². The van der Waals surface area contributed by atoms with E-state index in [0.717, 1.165) is 0 Å². The van der Waals surface area contributed by atoms with E-state index in [2.05, 4.69) is 5.32 Å². The van der Waals surface area contributed by atoms with E-state index in [9.17, 15) is 14.0 Å². The molecule has 2 rings (SSSR count). The summed E-state index contributed by atoms with van der Waals surface area (Å²) in [7, 11) is 0. The van der Waals surface area contributed by atoms with Crippen molar-refractivity contribution in [3.05, 3.63) is 66.0 Å². The molecule has 0 saturated heterocycles. The molecular formula is C16H14FNO3. The highest BCUT2D eigenvalue weighted by Crippen LogP contribution is 2.20. The van der Waals surface area contributed by atoms with Gasteiger partial charge >= 0.3 is 5.97 Å². The van der Waals surface area contributed by atoms with Crippen LogP contribution in [0.2, 0.25) is 0 Å². The minimum absolute atomic E-state index is 0.396. The van der Waals surface area contributed by atoms with Crippen molar-refractivity contribution in [1.82, 2.24) is 0 Å². The van der Waals surface area contributed by atoms with Gasteiger partial charge in [-0.15, -0.1) is 0 Å². The number of ether oxygens (including phenoxy) is 1. The maximum absolute atomic E-state index is 12.8. The zero-order valence-electron chi connectivity index (χ0n) is 11.4. The predicted octanol–water partition coefficient (Wildman–Crippen LogP) is 3.07. The Balaban J connectivity index is 2.18. The first-order valence-corrected chi connectivity index (χ1v) is 6.35. The van der Waals surface area contributed by atoms with Gasteiger partial charge in [-0.1, -0.05) is 30.3 Å². The van der Waals surface area contributed by atoms with E-state index in [1.54, 1.807) is 30.3 Å². The molecule has 0 bridgehead atoms. The van der Waals surface area contributed by atoms with Gasteiger partial charge in [0.25, 0.3) is 5.91 Å². The summed E-state index contributed by atoms with van der Waals surface area (Å²) in [4.78, 5) is 23.4. The fourth-order valence-electron chi connectivity index (χ4n) is 1.81. The van der Waals surface area contributed by atoms with E-state index in [1.165, 1.54) is 31.2 Å². The number of anilines is 1. The van der Waals surface area contributed by atoms with E-state index in [4.69, 9.17) is 4.74 Å². The van der Waals surface area contributed by atoms with Gasteiger partial charge in [-0.05, 0) is 24.3 Å². The van der Waals surface area contributed by atoms with Gasteiger partial charge in [0.05, 0.1) is 0 Å². The van der Waals surface area contributed by atoms with Gasteiger partial charge in [-0.3, -0.25) is 9.59 Å². The van der Waals surface area contributed by atoms with E-state index in [-0.39, 0.29) is 0 Å². The van der Waals surface area contributed by atoms with E-state index in [1.807, 2.05) is 0 Å². The lowest BCUT2D eigenvalue weighted by Gasteiger charge is -2.17. The van der Waals surface area contributed by atoms with E-state index in [0.29, 0.717) is 11.3 Å². The highest BCUT2D eigenvalue weighted by atomic mass is 19.1. The molecule has 0 unspecified atom stereocenters. The summed E-state index contributed by atoms with van der Waals surface area (Å²) >= 11 is 0. The van der Waals surface area contributed by atoms with Crippen LogP contribution < -0.4 is 5.32 Å². The highest BCUT2D eigenvalue weighted by molar-refractivity contribution is 5.95. The quantitative estimate of drug-likeness (QED) is 0.879. The van der Waals surface area contributed by atoms with Crippen LogP contribution in [-0.2, 0) is 14.3 Å². The molecule has 21 heavy (non-hydrogen) atoms. The number of halogens is 1. The Hall–Kier alpha value is -2.69. The fourth-order valence-corrected chi connectivity index (χ4v) is 1.81. The van der Waals surface area contributed by atoms with Crippen molar-refractivity contribution in [1.29, 1.82) is 0 Å². The molecule has 2 aromatic rings. The zero-order valence-corrected chi connectivity index (χ0v) is 11.4. The second-order valence-electron chi connectivity index (χ2n) is 4.40. The third-order valence-electron chi connectivity index (χ3n) is 2.74. The minimum Gasteiger partial charge on any atom is -0.447 e. The molecule has 108 valence electrons. The van der Waals surface area contributed by atoms with Crippen LogP contribution in [0.3, 0.4) is 0 Å². The van der Waals surface area contributed by atoms with Crippen LogP contribution >= 0.6 is 0 Å². The summed E-state index contributed by atoms with van der Waals surface area (Å²) < 4.78 is 17.9. The Morgan fingerprint density at radius 1 is 1.05 bits per heavy atom. The highest BCUT2D eigenvalue weighted by Gasteiger charge is 2.23. The largest absolute Gasteiger partial charge is 0.447 e. The number of hydrogen-bond acceptors (Lipinski definition) is 3. The predicted molar refractivity (Wildman–Crippen MR) is 76.0 cm³/mol. The monoisotopic (exact) mass is 287 g/mol. The van der Waals surface area contributed by atoms with Gasteiger partial charge in [0.1, 0.15) is 5.82 Å². The lowest BCUT2D eigenvalue weighted by Crippen LogP contribution is -2.25. The van der Waals surface area contributed by atoms with Crippen LogP contribution in [0, 0.1) is 5.82 Å². The van der Waals surface area contributed by atoms with Crippen molar-refractivity contribution < 1.29 is 18.7 Å². The lowest BCUT2D eigenvalue weighted by atomic mass is 10.1. The third kappa shape index (κ3) is 4.14. The smallest absolute Gasteiger partial charge is 0.303 e. The Morgan fingerprint density at radius 2 is 1.67 bits per heavy atom. The normalized spacial score (nSPS) is 11.5. The molecule has 0 spiro atoms. The maximum atomic E-state index is 12.8. The molecule has 0 aliphatic rings. The molecule has 0 radical (unpaired) electrons. The van der Waals surface area contributed by atoms with Gasteiger partial charge < -0.3 is 10.1 Å². The summed E-state index contributed by atoms with van der Waals surface area (Å²) in [6.45, 7) is 1.24. The van der Waals surface area contributed by atoms with Gasteiger partial charge in [-0.25, -0.2) is 4.39 Å². The molecule has 0 aliphatic carbocycles. The Morgan fingerprint density at radius 3 is 2.24 bits per heavy atom. The Bertz CT molecular complexity index is 626. The summed E-state index contributed by atoms with van der Waals surface area (Å²) in [6, 6.07) is 14.0. The van der Waals surface area contributed by atoms with Crippen LogP contribution in [0.5, 0.6) is 0 Å². The summed E-state index contributed by atoms with van der Waals surface area (Å²) in [5.41, 5.74) is 0.988. The number of hydrogen-bond donors (Lipinski definition) is 1. The molecule has 2 aromatic carbocycles. The van der Waals surface area contributed by atoms with Crippen molar-refractivity contribution in [2.75, 3.05) is 5.32 Å². The van der Waals surface area contributed by atoms with E-state index >= 15 is 0 Å². The summed E-state index contributed by atoms with van der Waals surface area (Å²) in [6.07, 6.45) is -1.05. The number of carbonyl (C=O) groups is 2. The van der Waals surface area contributed by atoms with Crippen molar-refractivity contribution in [3.63, 3.8) is 0 Å². The number of nitrogens with one attached hydrogen (secondary N) is 1. The summed E-state index contributed by atoms with van der Waals surface area (Å²) in [5.74, 6) is -1.45. The molecule has 1 N–H and O–H groups in total. The first-order chi connectivity index (χ1) is 10.1. The minimum atomic E-state index is -1.05. The molecule has 1 atom stereocenters. The van der Waals surface area contributed by atoms with Crippen LogP contribution in [0.1, 0.15) is 18.6 Å². The topological polar surface area (TPSA) is 55.4 Å². The first kappa shape index (κ1) is 14.7. The number of rotatable bonds is 4. The molecule has 4 nitrogen and oxygen atoms in total. The number of esters is 1. The molecule has 0 heterocycles. The molecule has 0 aliphatic heterocycles. The third-order valence-corrected chi connectivity index (χ3v) is 2.74. The van der Waals surface area contributed by atoms with Gasteiger partial charge in [0.15, 0.2) is 0 Å². The first-order valence-electron chi connectivity index (χ1n) is 6.35. The molecule has 0 aromatic heterocycles. The molecule has 1 amide bonds. The second kappa shape index (κ2) is 6.65. The SMILES string of the molecule is CC(=O)O[C@@H](C(=O)Nc1ccc(F)cc1)c1ccccc1. The van der Waals surface area contributed by atoms with Crippen molar-refractivity contribution in [2.45, 2.75) is 13.0 Å². The van der Waals surface area contributed by atoms with Gasteiger partial charge in [0.2, 0.25) is 6.10 Å². The number of benzene rings is 2. The fraction of sp³-hybridized carbons (Fsp3) is 0.125. The zero-order chi connectivity index (χ0) is 15.2. The Labute approximate surface area is 121 Å².